The van der Waals surface area contributed by atoms with Gasteiger partial charge in [-0.05, 0) is 5.92 Å². The summed E-state index contributed by atoms with van der Waals surface area (Å²) in [6.07, 6.45) is 1.16. The van der Waals surface area contributed by atoms with E-state index in [-0.39, 0.29) is 0 Å². The highest BCUT2D eigenvalue weighted by Gasteiger charge is 1.94. The molecule has 0 aromatic heterocycles. The number of hydrogen-bond donors (Lipinski definition) is 0. The lowest BCUT2D eigenvalue weighted by molar-refractivity contribution is 0.232. The molecule has 0 amide bonds. The van der Waals surface area contributed by atoms with E-state index in [2.05, 4.69) is 13.8 Å². The maximum Gasteiger partial charge on any atom is 0.0860 e. The molecule has 1 unspecified atom stereocenters. The highest BCUT2D eigenvalue weighted by atomic mass is 16.5. The van der Waals surface area contributed by atoms with Gasteiger partial charge in [0.15, 0.2) is 0 Å². The van der Waals surface area contributed by atoms with Gasteiger partial charge < -0.3 is 4.74 Å². The maximum atomic E-state index is 4.77. The molecule has 0 aromatic rings. The minimum absolute atomic E-state index is 0.602. The Balaban J connectivity index is 2.83. The van der Waals surface area contributed by atoms with Gasteiger partial charge in [-0.15, -0.1) is 0 Å². The molecule has 0 spiro atoms. The van der Waals surface area contributed by atoms with Crippen LogP contribution in [0.25, 0.3) is 0 Å². The molecule has 0 saturated carbocycles. The molecular formula is C6H13O. The van der Waals surface area contributed by atoms with Crippen molar-refractivity contribution in [2.45, 2.75) is 20.3 Å². The van der Waals surface area contributed by atoms with Crippen molar-refractivity contribution in [3.8, 4) is 0 Å². The van der Waals surface area contributed by atoms with E-state index in [0.29, 0.717) is 5.92 Å². The summed E-state index contributed by atoms with van der Waals surface area (Å²) < 4.78 is 4.77. The van der Waals surface area contributed by atoms with E-state index in [0.717, 1.165) is 6.42 Å². The Morgan fingerprint density at radius 3 is 2.43 bits per heavy atom. The highest BCUT2D eigenvalue weighted by Crippen LogP contribution is 2.03. The predicted octanol–water partition coefficient (Wildman–Crippen LogP) is 1.84. The van der Waals surface area contributed by atoms with E-state index in [4.69, 9.17) is 4.74 Å². The minimum Gasteiger partial charge on any atom is -0.378 e. The van der Waals surface area contributed by atoms with Crippen LogP contribution >= 0.6 is 0 Å². The lowest BCUT2D eigenvalue weighted by Gasteiger charge is -2.02. The third-order valence-corrected chi connectivity index (χ3v) is 1.01. The normalized spacial score (nSPS) is 14.1. The van der Waals surface area contributed by atoms with Crippen LogP contribution < -0.4 is 0 Å². The average molecular weight is 101 g/mol. The van der Waals surface area contributed by atoms with E-state index in [1.54, 1.807) is 7.11 Å². The van der Waals surface area contributed by atoms with Gasteiger partial charge in [-0.3, -0.25) is 0 Å². The molecule has 1 heteroatoms. The van der Waals surface area contributed by atoms with Gasteiger partial charge in [-0.1, -0.05) is 20.3 Å². The lowest BCUT2D eigenvalue weighted by Crippen LogP contribution is -1.93. The molecule has 0 saturated heterocycles. The van der Waals surface area contributed by atoms with Gasteiger partial charge in [-0.25, -0.2) is 0 Å². The first-order chi connectivity index (χ1) is 3.31. The standard InChI is InChI=1S/C6H13O/c1-4-6(2)5-7-3/h5-6H,4H2,1-3H3. The smallest absolute Gasteiger partial charge is 0.0860 e. The molecular weight excluding hydrogens is 88.1 g/mol. The Hall–Kier alpha value is -0.0400. The van der Waals surface area contributed by atoms with Crippen LogP contribution in [0, 0.1) is 12.5 Å². The highest BCUT2D eigenvalue weighted by molar-refractivity contribution is 4.57. The number of methoxy groups -OCH3 is 1. The van der Waals surface area contributed by atoms with Gasteiger partial charge >= 0.3 is 0 Å². The summed E-state index contributed by atoms with van der Waals surface area (Å²) in [6, 6.07) is 0. The van der Waals surface area contributed by atoms with Crippen LogP contribution in [0.1, 0.15) is 20.3 Å². The molecule has 0 aromatic carbocycles. The van der Waals surface area contributed by atoms with Crippen molar-refractivity contribution in [2.75, 3.05) is 7.11 Å². The molecule has 0 aliphatic carbocycles. The van der Waals surface area contributed by atoms with E-state index in [1.807, 2.05) is 6.61 Å². The fraction of sp³-hybridized carbons (Fsp3) is 0.833. The van der Waals surface area contributed by atoms with Crippen molar-refractivity contribution in [3.05, 3.63) is 6.61 Å². The summed E-state index contributed by atoms with van der Waals surface area (Å²) >= 11 is 0. The summed E-state index contributed by atoms with van der Waals surface area (Å²) in [7, 11) is 1.69. The van der Waals surface area contributed by atoms with Gasteiger partial charge in [0.05, 0.1) is 6.61 Å². The summed E-state index contributed by atoms with van der Waals surface area (Å²) in [5.74, 6) is 0.602. The zero-order chi connectivity index (χ0) is 5.70. The van der Waals surface area contributed by atoms with E-state index in [1.165, 1.54) is 0 Å². The molecule has 0 aliphatic rings. The molecule has 7 heavy (non-hydrogen) atoms. The molecule has 0 bridgehead atoms. The maximum absolute atomic E-state index is 4.77. The Bertz CT molecular complexity index is 35.2. The molecule has 0 rings (SSSR count). The first-order valence-corrected chi connectivity index (χ1v) is 2.67. The predicted molar refractivity (Wildman–Crippen MR) is 30.8 cm³/mol. The van der Waals surface area contributed by atoms with Crippen LogP contribution in [-0.2, 0) is 4.74 Å². The van der Waals surface area contributed by atoms with Gasteiger partial charge in [0.25, 0.3) is 0 Å². The van der Waals surface area contributed by atoms with Crippen molar-refractivity contribution in [1.29, 1.82) is 0 Å². The summed E-state index contributed by atoms with van der Waals surface area (Å²) in [6.45, 7) is 6.11. The zero-order valence-corrected chi connectivity index (χ0v) is 5.27. The van der Waals surface area contributed by atoms with Crippen LogP contribution in [0.2, 0.25) is 0 Å². The van der Waals surface area contributed by atoms with Crippen molar-refractivity contribution >= 4 is 0 Å². The number of ether oxygens (including phenoxy) is 1. The second kappa shape index (κ2) is 4.13. The molecule has 0 heterocycles. The number of rotatable bonds is 3. The minimum atomic E-state index is 0.602. The lowest BCUT2D eigenvalue weighted by atomic mass is 10.1. The van der Waals surface area contributed by atoms with Crippen LogP contribution in [0.4, 0.5) is 0 Å². The van der Waals surface area contributed by atoms with Crippen LogP contribution in [0.3, 0.4) is 0 Å². The average Bonchev–Trinajstić information content (AvgIpc) is 1.68. The molecule has 1 radical (unpaired) electrons. The summed E-state index contributed by atoms with van der Waals surface area (Å²) in [4.78, 5) is 0. The van der Waals surface area contributed by atoms with E-state index < -0.39 is 0 Å². The zero-order valence-electron chi connectivity index (χ0n) is 5.27. The molecule has 0 fully saturated rings. The fourth-order valence-electron chi connectivity index (χ4n) is 0.329. The Morgan fingerprint density at radius 2 is 2.29 bits per heavy atom. The SMILES string of the molecule is CCC(C)[CH]OC. The first-order valence-electron chi connectivity index (χ1n) is 2.67. The third-order valence-electron chi connectivity index (χ3n) is 1.01. The van der Waals surface area contributed by atoms with Crippen LogP contribution in [0.15, 0.2) is 0 Å². The Labute approximate surface area is 45.7 Å². The second-order valence-electron chi connectivity index (χ2n) is 1.76. The van der Waals surface area contributed by atoms with Crippen molar-refractivity contribution in [3.63, 3.8) is 0 Å². The second-order valence-corrected chi connectivity index (χ2v) is 1.76. The molecule has 0 aliphatic heterocycles. The van der Waals surface area contributed by atoms with Crippen molar-refractivity contribution < 1.29 is 4.74 Å². The molecule has 0 N–H and O–H groups in total. The Kier molecular flexibility index (Phi) is 4.10. The summed E-state index contributed by atoms with van der Waals surface area (Å²) in [5.41, 5.74) is 0. The van der Waals surface area contributed by atoms with Crippen molar-refractivity contribution in [1.82, 2.24) is 0 Å². The van der Waals surface area contributed by atoms with Crippen LogP contribution in [-0.4, -0.2) is 7.11 Å². The Morgan fingerprint density at radius 1 is 1.71 bits per heavy atom. The molecule has 1 nitrogen and oxygen atoms in total. The van der Waals surface area contributed by atoms with Gasteiger partial charge in [-0.2, -0.15) is 0 Å². The monoisotopic (exact) mass is 101 g/mol. The van der Waals surface area contributed by atoms with Gasteiger partial charge in [0, 0.05) is 7.11 Å². The first kappa shape index (κ1) is 6.96. The summed E-state index contributed by atoms with van der Waals surface area (Å²) in [5, 5.41) is 0. The molecule has 43 valence electrons. The van der Waals surface area contributed by atoms with E-state index >= 15 is 0 Å². The van der Waals surface area contributed by atoms with Crippen molar-refractivity contribution in [2.24, 2.45) is 5.92 Å². The van der Waals surface area contributed by atoms with Gasteiger partial charge in [0.2, 0.25) is 0 Å². The quantitative estimate of drug-likeness (QED) is 0.527. The largest absolute Gasteiger partial charge is 0.378 e. The fourth-order valence-corrected chi connectivity index (χ4v) is 0.329. The third kappa shape index (κ3) is 3.80. The van der Waals surface area contributed by atoms with E-state index in [9.17, 15) is 0 Å². The topological polar surface area (TPSA) is 9.23 Å². The van der Waals surface area contributed by atoms with Gasteiger partial charge in [0.1, 0.15) is 0 Å². The molecule has 1 atom stereocenters. The van der Waals surface area contributed by atoms with Crippen LogP contribution in [0.5, 0.6) is 0 Å². The number of hydrogen-bond acceptors (Lipinski definition) is 1.